The number of aromatic nitrogens is 3. The fourth-order valence-corrected chi connectivity index (χ4v) is 3.39. The Morgan fingerprint density at radius 1 is 1.30 bits per heavy atom. The molecular formula is C17H14ClF3N4OS. The van der Waals surface area contributed by atoms with E-state index in [4.69, 9.17) is 11.6 Å². The SMILES string of the molecule is CC(NC(=O)CSc1nnc2c(Cl)cc(C(F)(F)F)cn12)c1ccccc1. The molecule has 5 nitrogen and oxygen atoms in total. The van der Waals surface area contributed by atoms with E-state index in [1.807, 2.05) is 37.3 Å². The van der Waals surface area contributed by atoms with Crippen LogP contribution in [0.2, 0.25) is 5.02 Å². The quantitative estimate of drug-likeness (QED) is 0.630. The zero-order chi connectivity index (χ0) is 19.6. The average Bonchev–Trinajstić information content (AvgIpc) is 3.03. The lowest BCUT2D eigenvalue weighted by Gasteiger charge is -2.14. The van der Waals surface area contributed by atoms with Gasteiger partial charge in [-0.2, -0.15) is 13.2 Å². The van der Waals surface area contributed by atoms with E-state index >= 15 is 0 Å². The summed E-state index contributed by atoms with van der Waals surface area (Å²) >= 11 is 6.85. The van der Waals surface area contributed by atoms with Crippen molar-refractivity contribution in [1.29, 1.82) is 0 Å². The van der Waals surface area contributed by atoms with Crippen LogP contribution in [0.4, 0.5) is 13.2 Å². The van der Waals surface area contributed by atoms with Crippen molar-refractivity contribution in [2.75, 3.05) is 5.75 Å². The van der Waals surface area contributed by atoms with Crippen molar-refractivity contribution < 1.29 is 18.0 Å². The van der Waals surface area contributed by atoms with Crippen molar-refractivity contribution in [3.05, 3.63) is 58.7 Å². The average molecular weight is 415 g/mol. The van der Waals surface area contributed by atoms with Crippen molar-refractivity contribution in [2.24, 2.45) is 0 Å². The van der Waals surface area contributed by atoms with Gasteiger partial charge in [0.1, 0.15) is 0 Å². The number of alkyl halides is 3. The zero-order valence-electron chi connectivity index (χ0n) is 14.0. The Hall–Kier alpha value is -2.26. The second-order valence-corrected chi connectivity index (χ2v) is 7.09. The van der Waals surface area contributed by atoms with Gasteiger partial charge < -0.3 is 5.32 Å². The molecule has 1 atom stereocenters. The molecule has 2 heterocycles. The molecule has 0 radical (unpaired) electrons. The highest BCUT2D eigenvalue weighted by molar-refractivity contribution is 7.99. The second-order valence-electron chi connectivity index (χ2n) is 5.74. The van der Waals surface area contributed by atoms with Gasteiger partial charge in [-0.25, -0.2) is 0 Å². The molecule has 0 aliphatic carbocycles. The van der Waals surface area contributed by atoms with E-state index in [1.54, 1.807) is 0 Å². The monoisotopic (exact) mass is 414 g/mol. The van der Waals surface area contributed by atoms with Gasteiger partial charge in [0.05, 0.1) is 22.4 Å². The first-order chi connectivity index (χ1) is 12.8. The first kappa shape index (κ1) is 19.5. The molecule has 0 aliphatic rings. The van der Waals surface area contributed by atoms with E-state index in [9.17, 15) is 18.0 Å². The summed E-state index contributed by atoms with van der Waals surface area (Å²) in [6.45, 7) is 1.85. The van der Waals surface area contributed by atoms with Crippen LogP contribution in [0.5, 0.6) is 0 Å². The van der Waals surface area contributed by atoms with Gasteiger partial charge in [-0.1, -0.05) is 53.7 Å². The predicted molar refractivity (Wildman–Crippen MR) is 96.7 cm³/mol. The van der Waals surface area contributed by atoms with Crippen molar-refractivity contribution in [2.45, 2.75) is 24.3 Å². The fraction of sp³-hybridized carbons (Fsp3) is 0.235. The molecule has 0 aliphatic heterocycles. The van der Waals surface area contributed by atoms with Crippen LogP contribution in [0.3, 0.4) is 0 Å². The highest BCUT2D eigenvalue weighted by Gasteiger charge is 2.32. The topological polar surface area (TPSA) is 59.3 Å². The Morgan fingerprint density at radius 3 is 2.67 bits per heavy atom. The summed E-state index contributed by atoms with van der Waals surface area (Å²) in [6.07, 6.45) is -3.68. The summed E-state index contributed by atoms with van der Waals surface area (Å²) in [6, 6.07) is 10.0. The lowest BCUT2D eigenvalue weighted by Crippen LogP contribution is -2.28. The molecule has 3 rings (SSSR count). The van der Waals surface area contributed by atoms with Gasteiger partial charge in [-0.15, -0.1) is 10.2 Å². The molecule has 1 aromatic carbocycles. The number of amides is 1. The van der Waals surface area contributed by atoms with Gasteiger partial charge in [-0.05, 0) is 18.6 Å². The molecule has 27 heavy (non-hydrogen) atoms. The molecule has 1 unspecified atom stereocenters. The summed E-state index contributed by atoms with van der Waals surface area (Å²) in [5.74, 6) is -0.294. The molecule has 142 valence electrons. The van der Waals surface area contributed by atoms with Crippen LogP contribution in [-0.2, 0) is 11.0 Å². The molecule has 3 aromatic rings. The molecule has 0 saturated heterocycles. The lowest BCUT2D eigenvalue weighted by atomic mass is 10.1. The van der Waals surface area contributed by atoms with Crippen LogP contribution in [-0.4, -0.2) is 26.3 Å². The number of hydrogen-bond donors (Lipinski definition) is 1. The second kappa shape index (κ2) is 7.77. The number of rotatable bonds is 5. The third-order valence-corrected chi connectivity index (χ3v) is 4.99. The maximum atomic E-state index is 13.0. The molecule has 1 N–H and O–H groups in total. The molecule has 1 amide bonds. The largest absolute Gasteiger partial charge is 0.417 e. The van der Waals surface area contributed by atoms with E-state index in [0.29, 0.717) is 0 Å². The fourth-order valence-electron chi connectivity index (χ4n) is 2.43. The van der Waals surface area contributed by atoms with Crippen LogP contribution in [0.25, 0.3) is 5.65 Å². The third kappa shape index (κ3) is 4.54. The van der Waals surface area contributed by atoms with Gasteiger partial charge in [-0.3, -0.25) is 9.20 Å². The first-order valence-electron chi connectivity index (χ1n) is 7.84. The summed E-state index contributed by atoms with van der Waals surface area (Å²) in [5, 5.41) is 10.4. The van der Waals surface area contributed by atoms with E-state index in [2.05, 4.69) is 15.5 Å². The van der Waals surface area contributed by atoms with Gasteiger partial charge >= 0.3 is 6.18 Å². The molecule has 0 fully saturated rings. The van der Waals surface area contributed by atoms with Crippen molar-refractivity contribution in [1.82, 2.24) is 19.9 Å². The van der Waals surface area contributed by atoms with E-state index < -0.39 is 11.7 Å². The predicted octanol–water partition coefficient (Wildman–Crippen LogP) is 4.37. The van der Waals surface area contributed by atoms with Gasteiger partial charge in [0, 0.05) is 6.20 Å². The highest BCUT2D eigenvalue weighted by atomic mass is 35.5. The van der Waals surface area contributed by atoms with Gasteiger partial charge in [0.25, 0.3) is 0 Å². The Balaban J connectivity index is 1.71. The van der Waals surface area contributed by atoms with E-state index in [-0.39, 0.29) is 33.5 Å². The maximum Gasteiger partial charge on any atom is 0.417 e. The number of thioether (sulfide) groups is 1. The molecule has 2 aromatic heterocycles. The third-order valence-electron chi connectivity index (χ3n) is 3.77. The zero-order valence-corrected chi connectivity index (χ0v) is 15.6. The molecule has 0 saturated carbocycles. The number of hydrogen-bond acceptors (Lipinski definition) is 4. The number of nitrogens with zero attached hydrogens (tertiary/aromatic N) is 3. The Morgan fingerprint density at radius 2 is 2.00 bits per heavy atom. The van der Waals surface area contributed by atoms with Crippen LogP contribution >= 0.6 is 23.4 Å². The van der Waals surface area contributed by atoms with Crippen molar-refractivity contribution in [3.8, 4) is 0 Å². The van der Waals surface area contributed by atoms with Crippen LogP contribution in [0, 0.1) is 0 Å². The standard InChI is InChI=1S/C17H14ClF3N4OS/c1-10(11-5-3-2-4-6-11)22-14(26)9-27-16-24-23-15-13(18)7-12(8-25(15)16)17(19,20)21/h2-8,10H,9H2,1H3,(H,22,26). The lowest BCUT2D eigenvalue weighted by molar-refractivity contribution is -0.137. The van der Waals surface area contributed by atoms with Crippen LogP contribution in [0.15, 0.2) is 47.8 Å². The molecule has 10 heteroatoms. The molecule has 0 spiro atoms. The Labute approximate surface area is 161 Å². The Kier molecular flexibility index (Phi) is 5.61. The number of pyridine rings is 1. The number of halogens is 4. The van der Waals surface area contributed by atoms with Crippen molar-refractivity contribution >= 4 is 34.9 Å². The van der Waals surface area contributed by atoms with E-state index in [0.717, 1.165) is 34.0 Å². The summed E-state index contributed by atoms with van der Waals surface area (Å²) in [7, 11) is 0. The number of benzene rings is 1. The Bertz CT molecular complexity index is 962. The number of fused-ring (bicyclic) bond motifs is 1. The van der Waals surface area contributed by atoms with Crippen LogP contribution in [0.1, 0.15) is 24.1 Å². The maximum absolute atomic E-state index is 13.0. The highest BCUT2D eigenvalue weighted by Crippen LogP contribution is 2.33. The smallest absolute Gasteiger partial charge is 0.349 e. The molecule has 0 bridgehead atoms. The van der Waals surface area contributed by atoms with Gasteiger partial charge in [0.15, 0.2) is 10.8 Å². The van der Waals surface area contributed by atoms with Gasteiger partial charge in [0.2, 0.25) is 5.91 Å². The number of carbonyl (C=O) groups is 1. The van der Waals surface area contributed by atoms with Crippen molar-refractivity contribution in [3.63, 3.8) is 0 Å². The summed E-state index contributed by atoms with van der Waals surface area (Å²) in [4.78, 5) is 12.2. The van der Waals surface area contributed by atoms with E-state index in [1.165, 1.54) is 0 Å². The normalized spacial score (nSPS) is 12.9. The minimum absolute atomic E-state index is 0.0220. The summed E-state index contributed by atoms with van der Waals surface area (Å²) in [5.41, 5.74) is 0.138. The summed E-state index contributed by atoms with van der Waals surface area (Å²) < 4.78 is 40.0. The van der Waals surface area contributed by atoms with Crippen LogP contribution < -0.4 is 5.32 Å². The number of nitrogens with one attached hydrogen (secondary N) is 1. The minimum atomic E-state index is -4.55. The number of carbonyl (C=O) groups excluding carboxylic acids is 1. The molecular weight excluding hydrogens is 401 g/mol. The minimum Gasteiger partial charge on any atom is -0.349 e. The first-order valence-corrected chi connectivity index (χ1v) is 9.20.